The van der Waals surface area contributed by atoms with E-state index in [9.17, 15) is 0 Å². The quantitative estimate of drug-likeness (QED) is 0.523. The Morgan fingerprint density at radius 2 is 1.58 bits per heavy atom. The molecule has 2 heterocycles. The summed E-state index contributed by atoms with van der Waals surface area (Å²) < 4.78 is 5.65. The number of fused-ring (bicyclic) bond motifs is 1. The summed E-state index contributed by atoms with van der Waals surface area (Å²) in [6, 6.07) is 18.4. The van der Waals surface area contributed by atoms with Crippen LogP contribution in [0.25, 0.3) is 22.3 Å². The van der Waals surface area contributed by atoms with E-state index in [2.05, 4.69) is 44.2 Å². The van der Waals surface area contributed by atoms with Gasteiger partial charge in [-0.15, -0.1) is 0 Å². The summed E-state index contributed by atoms with van der Waals surface area (Å²) in [5.41, 5.74) is 15.8. The average molecular weight is 346 g/mol. The van der Waals surface area contributed by atoms with E-state index in [-0.39, 0.29) is 17.9 Å². The number of methoxy groups -OCH3 is 1. The maximum absolute atomic E-state index is 5.89. The molecule has 1 atom stereocenters. The molecule has 0 amide bonds. The van der Waals surface area contributed by atoms with Crippen LogP contribution in [-0.2, 0) is 4.74 Å². The van der Waals surface area contributed by atoms with Crippen molar-refractivity contribution in [3.8, 4) is 11.1 Å². The van der Waals surface area contributed by atoms with Crippen molar-refractivity contribution in [3.63, 3.8) is 0 Å². The zero-order valence-corrected chi connectivity index (χ0v) is 14.2. The molecule has 0 fully saturated rings. The summed E-state index contributed by atoms with van der Waals surface area (Å²) >= 11 is 0. The Kier molecular flexibility index (Phi) is 3.98. The third-order valence-electron chi connectivity index (χ3n) is 4.22. The van der Waals surface area contributed by atoms with Crippen LogP contribution in [0.4, 0.5) is 11.8 Å². The second-order valence-corrected chi connectivity index (χ2v) is 5.89. The number of hydrogen-bond donors (Lipinski definition) is 3. The van der Waals surface area contributed by atoms with Crippen LogP contribution in [-0.4, -0.2) is 27.0 Å². The van der Waals surface area contributed by atoms with Crippen LogP contribution >= 0.6 is 0 Å². The van der Waals surface area contributed by atoms with Crippen molar-refractivity contribution in [2.45, 2.75) is 6.10 Å². The van der Waals surface area contributed by atoms with Gasteiger partial charge in [0.2, 0.25) is 5.95 Å². The molecule has 0 aliphatic carbocycles. The predicted molar refractivity (Wildman–Crippen MR) is 101 cm³/mol. The molecule has 7 nitrogen and oxygen atoms in total. The van der Waals surface area contributed by atoms with Crippen LogP contribution in [0.1, 0.15) is 17.5 Å². The Labute approximate surface area is 150 Å². The van der Waals surface area contributed by atoms with Crippen LogP contribution in [0, 0.1) is 0 Å². The molecular formula is C19H18N6O. The van der Waals surface area contributed by atoms with Crippen LogP contribution in [0.15, 0.2) is 54.6 Å². The maximum atomic E-state index is 5.89. The Morgan fingerprint density at radius 1 is 0.885 bits per heavy atom. The van der Waals surface area contributed by atoms with Crippen LogP contribution < -0.4 is 11.5 Å². The molecule has 1 unspecified atom stereocenters. The first-order valence-corrected chi connectivity index (χ1v) is 8.12. The number of nitrogens with zero attached hydrogens (tertiary/aromatic N) is 3. The van der Waals surface area contributed by atoms with Gasteiger partial charge in [0.05, 0.1) is 0 Å². The largest absolute Gasteiger partial charge is 0.382 e. The standard InChI is InChI=1S/C19H18N6O/c1-26-15(18-22-14-16(20)23-19(21)25-17(14)24-18)13-9-7-12(8-10-13)11-5-3-2-4-6-11/h2-10,15H,1H3,(H5,20,21,22,23,24,25). The number of aromatic amines is 1. The summed E-state index contributed by atoms with van der Waals surface area (Å²) in [5, 5.41) is 0. The fourth-order valence-electron chi connectivity index (χ4n) is 2.96. The molecule has 5 N–H and O–H groups in total. The monoisotopic (exact) mass is 346 g/mol. The molecule has 7 heteroatoms. The Balaban J connectivity index is 1.70. The summed E-state index contributed by atoms with van der Waals surface area (Å²) in [6.07, 6.45) is -0.380. The Hall–Kier alpha value is -3.45. The van der Waals surface area contributed by atoms with Crippen molar-refractivity contribution in [1.29, 1.82) is 0 Å². The molecule has 130 valence electrons. The summed E-state index contributed by atoms with van der Waals surface area (Å²) in [4.78, 5) is 15.7. The topological polar surface area (TPSA) is 116 Å². The number of aromatic nitrogens is 4. The number of nitrogens with one attached hydrogen (secondary N) is 1. The SMILES string of the molecule is COC(c1ccc(-c2ccccc2)cc1)c1nc2nc(N)nc(N)c2[nH]1. The van der Waals surface area contributed by atoms with Gasteiger partial charge in [-0.05, 0) is 16.7 Å². The molecular weight excluding hydrogens is 328 g/mol. The van der Waals surface area contributed by atoms with Crippen LogP contribution in [0.2, 0.25) is 0 Å². The first kappa shape index (κ1) is 16.0. The van der Waals surface area contributed by atoms with E-state index in [1.54, 1.807) is 7.11 Å². The highest BCUT2D eigenvalue weighted by Gasteiger charge is 2.19. The van der Waals surface area contributed by atoms with E-state index in [1.807, 2.05) is 30.3 Å². The molecule has 4 aromatic rings. The minimum absolute atomic E-state index is 0.0919. The van der Waals surface area contributed by atoms with Crippen molar-refractivity contribution in [3.05, 3.63) is 66.0 Å². The second-order valence-electron chi connectivity index (χ2n) is 5.89. The molecule has 0 saturated heterocycles. The average Bonchev–Trinajstić information content (AvgIpc) is 3.07. The fraction of sp³-hybridized carbons (Fsp3) is 0.105. The van der Waals surface area contributed by atoms with E-state index in [1.165, 1.54) is 0 Å². The number of hydrogen-bond acceptors (Lipinski definition) is 6. The first-order valence-electron chi connectivity index (χ1n) is 8.12. The fourth-order valence-corrected chi connectivity index (χ4v) is 2.96. The molecule has 0 aliphatic rings. The first-order chi connectivity index (χ1) is 12.7. The van der Waals surface area contributed by atoms with Gasteiger partial charge < -0.3 is 21.2 Å². The number of rotatable bonds is 4. The van der Waals surface area contributed by atoms with Gasteiger partial charge >= 0.3 is 0 Å². The van der Waals surface area contributed by atoms with Crippen LogP contribution in [0.5, 0.6) is 0 Å². The molecule has 0 aliphatic heterocycles. The van der Waals surface area contributed by atoms with Crippen molar-refractivity contribution < 1.29 is 4.74 Å². The van der Waals surface area contributed by atoms with Crippen molar-refractivity contribution in [2.24, 2.45) is 0 Å². The number of H-pyrrole nitrogens is 1. The van der Waals surface area contributed by atoms with E-state index >= 15 is 0 Å². The minimum atomic E-state index is -0.380. The lowest BCUT2D eigenvalue weighted by Gasteiger charge is -2.13. The molecule has 0 saturated carbocycles. The highest BCUT2D eigenvalue weighted by Crippen LogP contribution is 2.28. The van der Waals surface area contributed by atoms with E-state index < -0.39 is 0 Å². The third kappa shape index (κ3) is 2.84. The van der Waals surface area contributed by atoms with Crippen molar-refractivity contribution in [2.75, 3.05) is 18.6 Å². The smallest absolute Gasteiger partial charge is 0.224 e. The van der Waals surface area contributed by atoms with Gasteiger partial charge in [-0.2, -0.15) is 9.97 Å². The van der Waals surface area contributed by atoms with Gasteiger partial charge in [0, 0.05) is 7.11 Å². The number of ether oxygens (including phenoxy) is 1. The van der Waals surface area contributed by atoms with Crippen molar-refractivity contribution in [1.82, 2.24) is 19.9 Å². The molecule has 26 heavy (non-hydrogen) atoms. The van der Waals surface area contributed by atoms with Crippen molar-refractivity contribution >= 4 is 22.9 Å². The zero-order valence-electron chi connectivity index (χ0n) is 14.2. The highest BCUT2D eigenvalue weighted by atomic mass is 16.5. The Bertz CT molecular complexity index is 1040. The number of anilines is 2. The van der Waals surface area contributed by atoms with E-state index in [4.69, 9.17) is 16.2 Å². The van der Waals surface area contributed by atoms with Gasteiger partial charge in [0.15, 0.2) is 11.5 Å². The lowest BCUT2D eigenvalue weighted by molar-refractivity contribution is 0.130. The minimum Gasteiger partial charge on any atom is -0.382 e. The number of benzene rings is 2. The normalized spacial score (nSPS) is 12.3. The molecule has 0 spiro atoms. The van der Waals surface area contributed by atoms with Gasteiger partial charge in [0.25, 0.3) is 0 Å². The highest BCUT2D eigenvalue weighted by molar-refractivity contribution is 5.82. The molecule has 4 rings (SSSR count). The van der Waals surface area contributed by atoms with Gasteiger partial charge in [-0.3, -0.25) is 0 Å². The van der Waals surface area contributed by atoms with Crippen LogP contribution in [0.3, 0.4) is 0 Å². The maximum Gasteiger partial charge on any atom is 0.224 e. The predicted octanol–water partition coefficient (Wildman–Crippen LogP) is 2.92. The zero-order chi connectivity index (χ0) is 18.1. The number of nitrogens with two attached hydrogens (primary N) is 2. The summed E-state index contributed by atoms with van der Waals surface area (Å²) in [5.74, 6) is 0.955. The van der Waals surface area contributed by atoms with Gasteiger partial charge in [-0.25, -0.2) is 4.98 Å². The number of imidazole rings is 1. The van der Waals surface area contributed by atoms with E-state index in [0.717, 1.165) is 16.7 Å². The van der Waals surface area contributed by atoms with Gasteiger partial charge in [-0.1, -0.05) is 54.6 Å². The van der Waals surface area contributed by atoms with E-state index in [0.29, 0.717) is 17.0 Å². The molecule has 2 aromatic carbocycles. The summed E-state index contributed by atoms with van der Waals surface area (Å²) in [7, 11) is 1.63. The third-order valence-corrected chi connectivity index (χ3v) is 4.22. The molecule has 0 radical (unpaired) electrons. The van der Waals surface area contributed by atoms with Gasteiger partial charge in [0.1, 0.15) is 17.4 Å². The summed E-state index contributed by atoms with van der Waals surface area (Å²) in [6.45, 7) is 0. The number of nitrogen functional groups attached to an aromatic ring is 2. The second kappa shape index (κ2) is 6.45. The molecule has 0 bridgehead atoms. The Morgan fingerprint density at radius 3 is 2.27 bits per heavy atom. The molecule has 2 aromatic heterocycles. The lowest BCUT2D eigenvalue weighted by atomic mass is 10.0. The lowest BCUT2D eigenvalue weighted by Crippen LogP contribution is -2.05.